The second-order valence-corrected chi connectivity index (χ2v) is 5.20. The van der Waals surface area contributed by atoms with Crippen molar-refractivity contribution >= 4 is 5.91 Å². The van der Waals surface area contributed by atoms with E-state index in [4.69, 9.17) is 0 Å². The van der Waals surface area contributed by atoms with Crippen molar-refractivity contribution in [1.82, 2.24) is 20.1 Å². The minimum absolute atomic E-state index is 0.102. The molecule has 0 saturated heterocycles. The van der Waals surface area contributed by atoms with E-state index in [1.54, 1.807) is 47.4 Å². The number of amides is 1. The van der Waals surface area contributed by atoms with Crippen LogP contribution >= 0.6 is 0 Å². The highest BCUT2D eigenvalue weighted by molar-refractivity contribution is 5.95. The summed E-state index contributed by atoms with van der Waals surface area (Å²) in [6.45, 7) is 0.102. The van der Waals surface area contributed by atoms with Crippen LogP contribution in [0.1, 0.15) is 21.6 Å². The Balaban J connectivity index is 1.69. The molecule has 0 radical (unpaired) electrons. The normalized spacial score (nSPS) is 11.3. The molecule has 128 valence electrons. The smallest absolute Gasteiger partial charge is 0.348 e. The van der Waals surface area contributed by atoms with Crippen LogP contribution in [-0.2, 0) is 12.7 Å². The Labute approximate surface area is 141 Å². The fraction of sp³-hybridized carbons (Fsp3) is 0.118. The molecule has 0 fully saturated rings. The number of nitrogens with zero attached hydrogens (tertiary/aromatic N) is 3. The van der Waals surface area contributed by atoms with Crippen molar-refractivity contribution in [2.24, 2.45) is 0 Å². The number of nitrogens with one attached hydrogen (secondary N) is 1. The molecule has 1 N–H and O–H groups in total. The number of benzene rings is 1. The van der Waals surface area contributed by atoms with E-state index in [0.717, 1.165) is 23.5 Å². The van der Waals surface area contributed by atoms with Gasteiger partial charge in [0, 0.05) is 25.1 Å². The molecule has 1 amide bonds. The van der Waals surface area contributed by atoms with Gasteiger partial charge < -0.3 is 5.32 Å². The molecule has 0 bridgehead atoms. The van der Waals surface area contributed by atoms with Crippen molar-refractivity contribution in [3.8, 4) is 5.69 Å². The van der Waals surface area contributed by atoms with E-state index >= 15 is 0 Å². The van der Waals surface area contributed by atoms with Gasteiger partial charge in [-0.25, -0.2) is 4.68 Å². The molecule has 0 atom stereocenters. The zero-order chi connectivity index (χ0) is 17.9. The Hall–Kier alpha value is -3.16. The molecule has 0 spiro atoms. The molecule has 0 aliphatic rings. The van der Waals surface area contributed by atoms with E-state index in [9.17, 15) is 18.0 Å². The topological polar surface area (TPSA) is 59.8 Å². The molecular formula is C17H13F3N4O. The number of aromatic nitrogens is 3. The number of hydrogen-bond acceptors (Lipinski definition) is 3. The number of rotatable bonds is 4. The fourth-order valence-corrected chi connectivity index (χ4v) is 2.28. The van der Waals surface area contributed by atoms with Crippen molar-refractivity contribution in [2.75, 3.05) is 0 Å². The molecule has 5 nitrogen and oxygen atoms in total. The summed E-state index contributed by atoms with van der Waals surface area (Å²) in [6, 6.07) is 11.3. The molecule has 2 aromatic heterocycles. The Kier molecular flexibility index (Phi) is 4.51. The average molecular weight is 346 g/mol. The Morgan fingerprint density at radius 2 is 1.84 bits per heavy atom. The van der Waals surface area contributed by atoms with Crippen LogP contribution in [0.15, 0.2) is 61.1 Å². The van der Waals surface area contributed by atoms with Crippen LogP contribution in [-0.4, -0.2) is 20.7 Å². The quantitative estimate of drug-likeness (QED) is 0.789. The second-order valence-electron chi connectivity index (χ2n) is 5.20. The first-order valence-electron chi connectivity index (χ1n) is 7.34. The summed E-state index contributed by atoms with van der Waals surface area (Å²) in [4.78, 5) is 15.3. The molecule has 0 unspecified atom stereocenters. The first-order valence-corrected chi connectivity index (χ1v) is 7.34. The molecule has 0 saturated carbocycles. The SMILES string of the molecule is O=C(NCc1ccc(-n2cccn2)cc1)c1cccnc1C(F)(F)F. The monoisotopic (exact) mass is 346 g/mol. The third-order valence-electron chi connectivity index (χ3n) is 3.48. The number of hydrogen-bond donors (Lipinski definition) is 1. The van der Waals surface area contributed by atoms with Gasteiger partial charge in [-0.3, -0.25) is 9.78 Å². The maximum absolute atomic E-state index is 12.9. The third kappa shape index (κ3) is 3.85. The Bertz CT molecular complexity index is 858. The van der Waals surface area contributed by atoms with Crippen LogP contribution in [0.5, 0.6) is 0 Å². The van der Waals surface area contributed by atoms with Gasteiger partial charge in [0.25, 0.3) is 5.91 Å². The maximum Gasteiger partial charge on any atom is 0.434 e. The van der Waals surface area contributed by atoms with Crippen LogP contribution in [0.2, 0.25) is 0 Å². The van der Waals surface area contributed by atoms with Crippen LogP contribution in [0, 0.1) is 0 Å². The maximum atomic E-state index is 12.9. The van der Waals surface area contributed by atoms with E-state index in [0.29, 0.717) is 0 Å². The summed E-state index contributed by atoms with van der Waals surface area (Å²) in [7, 11) is 0. The van der Waals surface area contributed by atoms with Gasteiger partial charge in [0.1, 0.15) is 0 Å². The molecular weight excluding hydrogens is 333 g/mol. The number of alkyl halides is 3. The molecule has 0 aliphatic carbocycles. The lowest BCUT2D eigenvalue weighted by molar-refractivity contribution is -0.141. The number of halogens is 3. The first kappa shape index (κ1) is 16.7. The largest absolute Gasteiger partial charge is 0.434 e. The summed E-state index contributed by atoms with van der Waals surface area (Å²) in [5.41, 5.74) is -0.0990. The number of carbonyl (C=O) groups excluding carboxylic acids is 1. The number of pyridine rings is 1. The van der Waals surface area contributed by atoms with E-state index < -0.39 is 23.3 Å². The predicted molar refractivity (Wildman–Crippen MR) is 84.0 cm³/mol. The van der Waals surface area contributed by atoms with Crippen LogP contribution in [0.3, 0.4) is 0 Å². The van der Waals surface area contributed by atoms with Crippen molar-refractivity contribution < 1.29 is 18.0 Å². The van der Waals surface area contributed by atoms with Gasteiger partial charge in [0.2, 0.25) is 0 Å². The van der Waals surface area contributed by atoms with Gasteiger partial charge in [-0.1, -0.05) is 12.1 Å². The molecule has 3 rings (SSSR count). The molecule has 25 heavy (non-hydrogen) atoms. The Morgan fingerprint density at radius 3 is 2.48 bits per heavy atom. The lowest BCUT2D eigenvalue weighted by Crippen LogP contribution is -2.26. The van der Waals surface area contributed by atoms with Gasteiger partial charge in [-0.15, -0.1) is 0 Å². The third-order valence-corrected chi connectivity index (χ3v) is 3.48. The summed E-state index contributed by atoms with van der Waals surface area (Å²) in [5.74, 6) is -0.823. The molecule has 0 aliphatic heterocycles. The molecule has 2 heterocycles. The first-order chi connectivity index (χ1) is 11.9. The zero-order valence-corrected chi connectivity index (χ0v) is 12.9. The van der Waals surface area contributed by atoms with E-state index in [2.05, 4.69) is 15.4 Å². The van der Waals surface area contributed by atoms with Crippen LogP contribution < -0.4 is 5.32 Å². The van der Waals surface area contributed by atoms with Gasteiger partial charge in [0.05, 0.1) is 11.3 Å². The minimum Gasteiger partial charge on any atom is -0.348 e. The molecule has 8 heteroatoms. The lowest BCUT2D eigenvalue weighted by atomic mass is 10.1. The summed E-state index contributed by atoms with van der Waals surface area (Å²) in [6.07, 6.45) is -0.231. The van der Waals surface area contributed by atoms with E-state index in [1.165, 1.54) is 6.07 Å². The lowest BCUT2D eigenvalue weighted by Gasteiger charge is -2.11. The van der Waals surface area contributed by atoms with Gasteiger partial charge in [0.15, 0.2) is 5.69 Å². The summed E-state index contributed by atoms with van der Waals surface area (Å²) < 4.78 is 40.4. The Morgan fingerprint density at radius 1 is 1.08 bits per heavy atom. The van der Waals surface area contributed by atoms with E-state index in [1.807, 2.05) is 0 Å². The highest BCUT2D eigenvalue weighted by Gasteiger charge is 2.36. The summed E-state index contributed by atoms with van der Waals surface area (Å²) in [5, 5.41) is 6.58. The molecule has 1 aromatic carbocycles. The van der Waals surface area contributed by atoms with Crippen LogP contribution in [0.4, 0.5) is 13.2 Å². The van der Waals surface area contributed by atoms with Crippen molar-refractivity contribution in [1.29, 1.82) is 0 Å². The van der Waals surface area contributed by atoms with E-state index in [-0.39, 0.29) is 6.54 Å². The summed E-state index contributed by atoms with van der Waals surface area (Å²) >= 11 is 0. The van der Waals surface area contributed by atoms with Crippen molar-refractivity contribution in [3.63, 3.8) is 0 Å². The second kappa shape index (κ2) is 6.76. The standard InChI is InChI=1S/C17H13F3N4O/c18-17(19,20)15-14(3-1-8-21-15)16(25)22-11-12-4-6-13(7-5-12)24-10-2-9-23-24/h1-10H,11H2,(H,22,25). The highest BCUT2D eigenvalue weighted by Crippen LogP contribution is 2.29. The average Bonchev–Trinajstić information content (AvgIpc) is 3.14. The van der Waals surface area contributed by atoms with Crippen molar-refractivity contribution in [2.45, 2.75) is 12.7 Å². The van der Waals surface area contributed by atoms with Gasteiger partial charge in [-0.2, -0.15) is 18.3 Å². The zero-order valence-electron chi connectivity index (χ0n) is 12.9. The number of carbonyl (C=O) groups is 1. The predicted octanol–water partition coefficient (Wildman–Crippen LogP) is 3.22. The minimum atomic E-state index is -4.68. The van der Waals surface area contributed by atoms with Crippen molar-refractivity contribution in [3.05, 3.63) is 77.9 Å². The fourth-order valence-electron chi connectivity index (χ4n) is 2.28. The van der Waals surface area contributed by atoms with Crippen LogP contribution in [0.25, 0.3) is 5.69 Å². The highest BCUT2D eigenvalue weighted by atomic mass is 19.4. The van der Waals surface area contributed by atoms with Gasteiger partial charge >= 0.3 is 6.18 Å². The van der Waals surface area contributed by atoms with Gasteiger partial charge in [-0.05, 0) is 35.9 Å². The molecule has 3 aromatic rings.